The van der Waals surface area contributed by atoms with Crippen molar-refractivity contribution in [2.45, 2.75) is 6.92 Å². The third kappa shape index (κ3) is 6.08. The number of amides is 1. The molecule has 0 aliphatic carbocycles. The van der Waals surface area contributed by atoms with E-state index in [-0.39, 0.29) is 12.5 Å². The van der Waals surface area contributed by atoms with Gasteiger partial charge in [0.05, 0.1) is 6.21 Å². The van der Waals surface area contributed by atoms with E-state index in [1.54, 1.807) is 0 Å². The van der Waals surface area contributed by atoms with Gasteiger partial charge in [-0.05, 0) is 46.1 Å². The van der Waals surface area contributed by atoms with Gasteiger partial charge >= 0.3 is 0 Å². The molecular weight excluding hydrogens is 356 g/mol. The molecule has 5 heteroatoms. The second kappa shape index (κ2) is 8.90. The SMILES string of the molecule is Cc1ccccc1OCC(=O)NN=CC(Br)=Cc1ccccc1. The van der Waals surface area contributed by atoms with Gasteiger partial charge in [-0.25, -0.2) is 5.43 Å². The van der Waals surface area contributed by atoms with Crippen molar-refractivity contribution in [1.29, 1.82) is 0 Å². The number of rotatable bonds is 6. The van der Waals surface area contributed by atoms with Crippen molar-refractivity contribution in [3.63, 3.8) is 0 Å². The van der Waals surface area contributed by atoms with E-state index >= 15 is 0 Å². The van der Waals surface area contributed by atoms with Gasteiger partial charge in [-0.1, -0.05) is 48.5 Å². The lowest BCUT2D eigenvalue weighted by molar-refractivity contribution is -0.123. The molecule has 118 valence electrons. The number of hydrogen-bond acceptors (Lipinski definition) is 3. The number of hydrazone groups is 1. The second-order valence-electron chi connectivity index (χ2n) is 4.79. The maximum atomic E-state index is 11.7. The molecule has 23 heavy (non-hydrogen) atoms. The van der Waals surface area contributed by atoms with E-state index in [0.29, 0.717) is 5.75 Å². The molecule has 1 amide bonds. The minimum Gasteiger partial charge on any atom is -0.483 e. The topological polar surface area (TPSA) is 50.7 Å². The van der Waals surface area contributed by atoms with Crippen molar-refractivity contribution in [3.05, 3.63) is 70.2 Å². The standard InChI is InChI=1S/C18H17BrN2O2/c1-14-7-5-6-10-17(14)23-13-18(22)21-20-12-16(19)11-15-8-3-2-4-9-15/h2-12H,13H2,1H3,(H,21,22). The molecule has 0 radical (unpaired) electrons. The lowest BCUT2D eigenvalue weighted by atomic mass is 10.2. The van der Waals surface area contributed by atoms with Gasteiger partial charge in [-0.2, -0.15) is 5.10 Å². The van der Waals surface area contributed by atoms with Crippen LogP contribution in [0.15, 0.2) is 64.2 Å². The predicted octanol–water partition coefficient (Wildman–Crippen LogP) is 3.91. The van der Waals surface area contributed by atoms with Gasteiger partial charge in [-0.15, -0.1) is 0 Å². The first kappa shape index (κ1) is 17.0. The monoisotopic (exact) mass is 372 g/mol. The summed E-state index contributed by atoms with van der Waals surface area (Å²) in [7, 11) is 0. The molecule has 0 unspecified atom stereocenters. The van der Waals surface area contributed by atoms with Crippen LogP contribution in [0.25, 0.3) is 6.08 Å². The molecule has 4 nitrogen and oxygen atoms in total. The van der Waals surface area contributed by atoms with Gasteiger partial charge < -0.3 is 4.74 Å². The molecule has 0 bridgehead atoms. The minimum atomic E-state index is -0.315. The summed E-state index contributed by atoms with van der Waals surface area (Å²) in [5, 5.41) is 3.88. The Kier molecular flexibility index (Phi) is 6.56. The van der Waals surface area contributed by atoms with E-state index in [1.807, 2.05) is 67.6 Å². The predicted molar refractivity (Wildman–Crippen MR) is 96.7 cm³/mol. The van der Waals surface area contributed by atoms with Crippen LogP contribution in [-0.2, 0) is 4.79 Å². The van der Waals surface area contributed by atoms with E-state index < -0.39 is 0 Å². The molecule has 2 rings (SSSR count). The Morgan fingerprint density at radius 3 is 2.61 bits per heavy atom. The average Bonchev–Trinajstić information content (AvgIpc) is 2.55. The van der Waals surface area contributed by atoms with Gasteiger partial charge in [-0.3, -0.25) is 4.79 Å². The van der Waals surface area contributed by atoms with Gasteiger partial charge in [0.2, 0.25) is 0 Å². The van der Waals surface area contributed by atoms with Crippen molar-refractivity contribution in [3.8, 4) is 5.75 Å². The van der Waals surface area contributed by atoms with Crippen molar-refractivity contribution in [1.82, 2.24) is 5.43 Å². The smallest absolute Gasteiger partial charge is 0.277 e. The molecule has 0 spiro atoms. The number of carbonyl (C=O) groups is 1. The Hall–Kier alpha value is -2.40. The molecule has 2 aromatic rings. The highest BCUT2D eigenvalue weighted by molar-refractivity contribution is 9.12. The molecule has 0 atom stereocenters. The summed E-state index contributed by atoms with van der Waals surface area (Å²) >= 11 is 3.38. The zero-order valence-corrected chi connectivity index (χ0v) is 14.3. The molecule has 0 aromatic heterocycles. The molecule has 0 fully saturated rings. The van der Waals surface area contributed by atoms with Gasteiger partial charge in [0.15, 0.2) is 6.61 Å². The summed E-state index contributed by atoms with van der Waals surface area (Å²) in [6.07, 6.45) is 3.43. The quantitative estimate of drug-likeness (QED) is 0.617. The number of ether oxygens (including phenoxy) is 1. The molecule has 0 aliphatic heterocycles. The summed E-state index contributed by atoms with van der Waals surface area (Å²) in [4.78, 5) is 11.7. The van der Waals surface area contributed by atoms with Crippen LogP contribution in [0.1, 0.15) is 11.1 Å². The second-order valence-corrected chi connectivity index (χ2v) is 5.70. The maximum absolute atomic E-state index is 11.7. The van der Waals surface area contributed by atoms with Crippen molar-refractivity contribution in [2.24, 2.45) is 5.10 Å². The highest BCUT2D eigenvalue weighted by atomic mass is 79.9. The maximum Gasteiger partial charge on any atom is 0.277 e. The third-order valence-corrected chi connectivity index (χ3v) is 3.37. The summed E-state index contributed by atoms with van der Waals surface area (Å²) in [5.41, 5.74) is 4.45. The van der Waals surface area contributed by atoms with E-state index in [4.69, 9.17) is 4.74 Å². The summed E-state index contributed by atoms with van der Waals surface area (Å²) in [6, 6.07) is 17.3. The highest BCUT2D eigenvalue weighted by Crippen LogP contribution is 2.15. The Balaban J connectivity index is 1.80. The van der Waals surface area contributed by atoms with Crippen LogP contribution in [0.2, 0.25) is 0 Å². The number of allylic oxidation sites excluding steroid dienone is 1. The average molecular weight is 373 g/mol. The number of halogens is 1. The van der Waals surface area contributed by atoms with E-state index in [2.05, 4.69) is 26.5 Å². The fraction of sp³-hybridized carbons (Fsp3) is 0.111. The molecule has 1 N–H and O–H groups in total. The largest absolute Gasteiger partial charge is 0.483 e. The fourth-order valence-electron chi connectivity index (χ4n) is 1.81. The van der Waals surface area contributed by atoms with Gasteiger partial charge in [0.1, 0.15) is 5.75 Å². The molecule has 0 saturated heterocycles. The Labute approximate surface area is 144 Å². The van der Waals surface area contributed by atoms with Crippen LogP contribution < -0.4 is 10.2 Å². The number of benzene rings is 2. The highest BCUT2D eigenvalue weighted by Gasteiger charge is 2.03. The zero-order chi connectivity index (χ0) is 16.5. The molecule has 0 saturated carbocycles. The number of nitrogens with zero attached hydrogens (tertiary/aromatic N) is 1. The lowest BCUT2D eigenvalue weighted by Crippen LogP contribution is -2.24. The Bertz CT molecular complexity index is 712. The first-order valence-corrected chi connectivity index (χ1v) is 7.87. The van der Waals surface area contributed by atoms with Crippen molar-refractivity contribution < 1.29 is 9.53 Å². The molecule has 0 aliphatic rings. The van der Waals surface area contributed by atoms with Crippen LogP contribution in [0.4, 0.5) is 0 Å². The molecular formula is C18H17BrN2O2. The number of nitrogens with one attached hydrogen (secondary N) is 1. The Morgan fingerprint density at radius 2 is 1.87 bits per heavy atom. The minimum absolute atomic E-state index is 0.0811. The van der Waals surface area contributed by atoms with Gasteiger partial charge in [0, 0.05) is 4.48 Å². The molecule has 0 heterocycles. The number of para-hydroxylation sites is 1. The van der Waals surface area contributed by atoms with Gasteiger partial charge in [0.25, 0.3) is 5.91 Å². The van der Waals surface area contributed by atoms with E-state index in [0.717, 1.165) is 15.6 Å². The fourth-order valence-corrected chi connectivity index (χ4v) is 2.17. The zero-order valence-electron chi connectivity index (χ0n) is 12.7. The first-order chi connectivity index (χ1) is 11.1. The van der Waals surface area contributed by atoms with Crippen LogP contribution in [-0.4, -0.2) is 18.7 Å². The summed E-state index contributed by atoms with van der Waals surface area (Å²) in [5.74, 6) is 0.376. The Morgan fingerprint density at radius 1 is 1.17 bits per heavy atom. The third-order valence-electron chi connectivity index (χ3n) is 2.93. The van der Waals surface area contributed by atoms with E-state index in [1.165, 1.54) is 6.21 Å². The number of aryl methyl sites for hydroxylation is 1. The van der Waals surface area contributed by atoms with Crippen LogP contribution in [0, 0.1) is 6.92 Å². The van der Waals surface area contributed by atoms with Crippen molar-refractivity contribution >= 4 is 34.1 Å². The molecule has 2 aromatic carbocycles. The number of carbonyl (C=O) groups excluding carboxylic acids is 1. The summed E-state index contributed by atoms with van der Waals surface area (Å²) < 4.78 is 6.19. The van der Waals surface area contributed by atoms with Crippen LogP contribution in [0.3, 0.4) is 0 Å². The number of hydrogen-bond donors (Lipinski definition) is 1. The first-order valence-electron chi connectivity index (χ1n) is 7.08. The normalized spacial score (nSPS) is 11.5. The van der Waals surface area contributed by atoms with Crippen LogP contribution >= 0.6 is 15.9 Å². The van der Waals surface area contributed by atoms with Crippen molar-refractivity contribution in [2.75, 3.05) is 6.61 Å². The van der Waals surface area contributed by atoms with Crippen LogP contribution in [0.5, 0.6) is 5.75 Å². The van der Waals surface area contributed by atoms with E-state index in [9.17, 15) is 4.79 Å². The summed E-state index contributed by atoms with van der Waals surface area (Å²) in [6.45, 7) is 1.85. The lowest BCUT2D eigenvalue weighted by Gasteiger charge is -2.07.